The summed E-state index contributed by atoms with van der Waals surface area (Å²) in [5, 5.41) is 3.63. The summed E-state index contributed by atoms with van der Waals surface area (Å²) in [4.78, 5) is 7.81. The van der Waals surface area contributed by atoms with Gasteiger partial charge in [0.15, 0.2) is 0 Å². The maximum Gasteiger partial charge on any atom is 0.0458 e. The van der Waals surface area contributed by atoms with Crippen molar-refractivity contribution in [3.8, 4) is 0 Å². The average Bonchev–Trinajstić information content (AvgIpc) is 3.24. The van der Waals surface area contributed by atoms with E-state index in [-0.39, 0.29) is 0 Å². The average molecular weight is 339 g/mol. The monoisotopic (exact) mass is 338 g/mol. The topological polar surface area (TPSA) is 19.0 Å². The van der Waals surface area contributed by atoms with E-state index in [0.29, 0.717) is 6.04 Å². The molecule has 2 nitrogen and oxygen atoms in total. The number of rotatable bonds is 5. The summed E-state index contributed by atoms with van der Waals surface area (Å²) in [6.07, 6.45) is 6.47. The Labute approximate surface area is 148 Å². The van der Waals surface area contributed by atoms with Crippen LogP contribution in [0.2, 0.25) is 0 Å². The summed E-state index contributed by atoms with van der Waals surface area (Å²) < 4.78 is 0. The molecule has 3 aromatic rings. The number of aromatic nitrogens is 1. The summed E-state index contributed by atoms with van der Waals surface area (Å²) in [7, 11) is 0. The van der Waals surface area contributed by atoms with Crippen LogP contribution in [0, 0.1) is 6.92 Å². The van der Waals surface area contributed by atoms with Gasteiger partial charge in [0.2, 0.25) is 0 Å². The molecule has 0 spiro atoms. The number of fused-ring (bicyclic) bond motifs is 1. The first-order valence-electron chi connectivity index (χ1n) is 9.16. The molecule has 1 N–H and O–H groups in total. The highest BCUT2D eigenvalue weighted by molar-refractivity contribution is 7.10. The number of thiophene rings is 1. The summed E-state index contributed by atoms with van der Waals surface area (Å²) in [5.74, 6) is 0. The van der Waals surface area contributed by atoms with Gasteiger partial charge in [-0.15, -0.1) is 11.3 Å². The minimum atomic E-state index is 0.582. The number of nitrogens with one attached hydrogen (secondary N) is 1. The molecule has 1 aromatic carbocycles. The normalized spacial score (nSPS) is 17.4. The SMILES string of the molecule is Cc1[nH]c2ccccc2c1CCC(c1cccs1)N1CCCCC1. The first kappa shape index (κ1) is 15.9. The molecule has 1 saturated heterocycles. The number of para-hydroxylation sites is 1. The van der Waals surface area contributed by atoms with Gasteiger partial charge in [-0.3, -0.25) is 4.90 Å². The van der Waals surface area contributed by atoms with Crippen molar-refractivity contribution >= 4 is 22.2 Å². The lowest BCUT2D eigenvalue weighted by atomic mass is 9.98. The van der Waals surface area contributed by atoms with Crippen LogP contribution in [0.25, 0.3) is 10.9 Å². The summed E-state index contributed by atoms with van der Waals surface area (Å²) >= 11 is 1.92. The van der Waals surface area contributed by atoms with Gasteiger partial charge in [-0.2, -0.15) is 0 Å². The molecule has 1 atom stereocenters. The van der Waals surface area contributed by atoms with E-state index in [9.17, 15) is 0 Å². The van der Waals surface area contributed by atoms with Crippen molar-refractivity contribution in [1.29, 1.82) is 0 Å². The van der Waals surface area contributed by atoms with Crippen molar-refractivity contribution in [2.45, 2.75) is 45.1 Å². The minimum Gasteiger partial charge on any atom is -0.358 e. The number of H-pyrrole nitrogens is 1. The first-order chi connectivity index (χ1) is 11.8. The van der Waals surface area contributed by atoms with E-state index in [2.05, 4.69) is 58.6 Å². The molecule has 0 saturated carbocycles. The number of hydrogen-bond donors (Lipinski definition) is 1. The number of hydrogen-bond acceptors (Lipinski definition) is 2. The van der Waals surface area contributed by atoms with E-state index in [1.807, 2.05) is 11.3 Å². The molecule has 0 aliphatic carbocycles. The van der Waals surface area contributed by atoms with Crippen molar-refractivity contribution < 1.29 is 0 Å². The molecule has 3 heteroatoms. The third-order valence-corrected chi connectivity index (χ3v) is 6.37. The highest BCUT2D eigenvalue weighted by Crippen LogP contribution is 2.33. The predicted octanol–water partition coefficient (Wildman–Crippen LogP) is 5.70. The quantitative estimate of drug-likeness (QED) is 0.632. The summed E-state index contributed by atoms with van der Waals surface area (Å²) in [5.41, 5.74) is 4.11. The number of nitrogens with zero attached hydrogens (tertiary/aromatic N) is 1. The van der Waals surface area contributed by atoms with Gasteiger partial charge in [-0.05, 0) is 68.8 Å². The van der Waals surface area contributed by atoms with Gasteiger partial charge in [0, 0.05) is 27.5 Å². The molecule has 0 radical (unpaired) electrons. The second-order valence-electron chi connectivity index (χ2n) is 6.94. The van der Waals surface area contributed by atoms with E-state index in [1.54, 1.807) is 0 Å². The van der Waals surface area contributed by atoms with Crippen LogP contribution in [0.1, 0.15) is 47.9 Å². The van der Waals surface area contributed by atoms with Crippen LogP contribution < -0.4 is 0 Å². The van der Waals surface area contributed by atoms with Gasteiger partial charge in [-0.25, -0.2) is 0 Å². The van der Waals surface area contributed by atoms with Crippen LogP contribution in [0.15, 0.2) is 41.8 Å². The van der Waals surface area contributed by atoms with E-state index in [0.717, 1.165) is 6.42 Å². The zero-order valence-corrected chi connectivity index (χ0v) is 15.2. The molecule has 1 aliphatic rings. The van der Waals surface area contributed by atoms with Crippen LogP contribution in [0.5, 0.6) is 0 Å². The first-order valence-corrected chi connectivity index (χ1v) is 10.0. The second-order valence-corrected chi connectivity index (χ2v) is 7.92. The van der Waals surface area contributed by atoms with Gasteiger partial charge in [0.25, 0.3) is 0 Å². The Morgan fingerprint density at radius 3 is 2.71 bits per heavy atom. The lowest BCUT2D eigenvalue weighted by Crippen LogP contribution is -2.33. The molecule has 126 valence electrons. The van der Waals surface area contributed by atoms with Crippen LogP contribution >= 0.6 is 11.3 Å². The Hall–Kier alpha value is -1.58. The summed E-state index contributed by atoms with van der Waals surface area (Å²) in [6.45, 7) is 4.74. The fraction of sp³-hybridized carbons (Fsp3) is 0.429. The molecular formula is C21H26N2S. The highest BCUT2D eigenvalue weighted by Gasteiger charge is 2.23. The smallest absolute Gasteiger partial charge is 0.0458 e. The molecular weight excluding hydrogens is 312 g/mol. The zero-order valence-electron chi connectivity index (χ0n) is 14.4. The molecule has 1 unspecified atom stereocenters. The van der Waals surface area contributed by atoms with E-state index in [1.165, 1.54) is 65.8 Å². The van der Waals surface area contributed by atoms with Crippen LogP contribution in [-0.4, -0.2) is 23.0 Å². The Balaban J connectivity index is 1.57. The summed E-state index contributed by atoms with van der Waals surface area (Å²) in [6, 6.07) is 13.8. The number of aromatic amines is 1. The molecule has 1 fully saturated rings. The minimum absolute atomic E-state index is 0.582. The molecule has 3 heterocycles. The Bertz CT molecular complexity index is 781. The molecule has 4 rings (SSSR count). The van der Waals surface area contributed by atoms with E-state index < -0.39 is 0 Å². The Kier molecular flexibility index (Phi) is 4.72. The number of piperidine rings is 1. The number of likely N-dealkylation sites (tertiary alicyclic amines) is 1. The number of aryl methyl sites for hydroxylation is 2. The highest BCUT2D eigenvalue weighted by atomic mass is 32.1. The second kappa shape index (κ2) is 7.12. The van der Waals surface area contributed by atoms with Gasteiger partial charge in [0.1, 0.15) is 0 Å². The molecule has 1 aliphatic heterocycles. The van der Waals surface area contributed by atoms with Gasteiger partial charge in [-0.1, -0.05) is 30.7 Å². The molecule has 2 aromatic heterocycles. The van der Waals surface area contributed by atoms with Crippen molar-refractivity contribution in [2.24, 2.45) is 0 Å². The predicted molar refractivity (Wildman–Crippen MR) is 104 cm³/mol. The third kappa shape index (κ3) is 3.15. The van der Waals surface area contributed by atoms with E-state index >= 15 is 0 Å². The largest absolute Gasteiger partial charge is 0.358 e. The van der Waals surface area contributed by atoms with Crippen molar-refractivity contribution in [2.75, 3.05) is 13.1 Å². The lowest BCUT2D eigenvalue weighted by molar-refractivity contribution is 0.158. The van der Waals surface area contributed by atoms with Crippen molar-refractivity contribution in [3.63, 3.8) is 0 Å². The molecule has 24 heavy (non-hydrogen) atoms. The maximum atomic E-state index is 3.55. The van der Waals surface area contributed by atoms with Gasteiger partial charge >= 0.3 is 0 Å². The maximum absolute atomic E-state index is 3.55. The van der Waals surface area contributed by atoms with Gasteiger partial charge < -0.3 is 4.98 Å². The van der Waals surface area contributed by atoms with Crippen molar-refractivity contribution in [3.05, 3.63) is 57.9 Å². The Morgan fingerprint density at radius 2 is 1.92 bits per heavy atom. The van der Waals surface area contributed by atoms with E-state index in [4.69, 9.17) is 0 Å². The Morgan fingerprint density at radius 1 is 1.08 bits per heavy atom. The zero-order chi connectivity index (χ0) is 16.4. The molecule has 0 amide bonds. The van der Waals surface area contributed by atoms with Gasteiger partial charge in [0.05, 0.1) is 0 Å². The van der Waals surface area contributed by atoms with Crippen LogP contribution in [0.3, 0.4) is 0 Å². The fourth-order valence-corrected chi connectivity index (χ4v) is 5.05. The number of benzene rings is 1. The van der Waals surface area contributed by atoms with Crippen LogP contribution in [0.4, 0.5) is 0 Å². The van der Waals surface area contributed by atoms with Crippen molar-refractivity contribution in [1.82, 2.24) is 9.88 Å². The van der Waals surface area contributed by atoms with Crippen LogP contribution in [-0.2, 0) is 6.42 Å². The third-order valence-electron chi connectivity index (χ3n) is 5.40. The lowest BCUT2D eigenvalue weighted by Gasteiger charge is -2.34. The fourth-order valence-electron chi connectivity index (χ4n) is 4.15. The standard InChI is InChI=1S/C21H26N2S/c1-16-17(18-8-3-4-9-19(18)22-16)11-12-20(21-10-7-15-24-21)23-13-5-2-6-14-23/h3-4,7-10,15,20,22H,2,5-6,11-14H2,1H3. The molecule has 0 bridgehead atoms.